The summed E-state index contributed by atoms with van der Waals surface area (Å²) < 4.78 is 34.3. The van der Waals surface area contributed by atoms with Gasteiger partial charge in [-0.2, -0.15) is 0 Å². The average molecular weight is 298 g/mol. The number of aryl methyl sites for hydroxylation is 1. The van der Waals surface area contributed by atoms with Crippen molar-refractivity contribution in [2.24, 2.45) is 5.92 Å². The molecule has 0 amide bonds. The largest absolute Gasteiger partial charge is 0.493 e. The highest BCUT2D eigenvalue weighted by molar-refractivity contribution is 7.91. The number of hydrogen-bond donors (Lipinski definition) is 0. The van der Waals surface area contributed by atoms with E-state index in [2.05, 4.69) is 0 Å². The second kappa shape index (κ2) is 6.48. The predicted octanol–water partition coefficient (Wildman–Crippen LogP) is 2.46. The Morgan fingerprint density at radius 1 is 1.10 bits per heavy atom. The molecule has 1 fully saturated rings. The summed E-state index contributed by atoms with van der Waals surface area (Å²) in [7, 11) is 0.218. The maximum Gasteiger partial charge on any atom is 0.160 e. The van der Waals surface area contributed by atoms with Crippen LogP contribution in [0.25, 0.3) is 0 Å². The van der Waals surface area contributed by atoms with Gasteiger partial charge in [0.2, 0.25) is 0 Å². The summed E-state index contributed by atoms with van der Waals surface area (Å²) in [6.45, 7) is 0. The SMILES string of the molecule is COc1ccc(CCS(=O)(=O)CCC2CC2)cc1OC. The van der Waals surface area contributed by atoms with Crippen molar-refractivity contribution in [3.8, 4) is 11.5 Å². The fraction of sp³-hybridized carbons (Fsp3) is 0.600. The molecule has 0 aliphatic heterocycles. The summed E-state index contributed by atoms with van der Waals surface area (Å²) in [5, 5.41) is 0. The minimum Gasteiger partial charge on any atom is -0.493 e. The van der Waals surface area contributed by atoms with Crippen LogP contribution in [-0.4, -0.2) is 34.1 Å². The van der Waals surface area contributed by atoms with Gasteiger partial charge in [0.15, 0.2) is 21.3 Å². The minimum atomic E-state index is -2.94. The lowest BCUT2D eigenvalue weighted by Gasteiger charge is -2.09. The fourth-order valence-electron chi connectivity index (χ4n) is 2.16. The van der Waals surface area contributed by atoms with Crippen molar-refractivity contribution in [1.29, 1.82) is 0 Å². The monoisotopic (exact) mass is 298 g/mol. The van der Waals surface area contributed by atoms with Crippen LogP contribution in [0.1, 0.15) is 24.8 Å². The van der Waals surface area contributed by atoms with Crippen LogP contribution >= 0.6 is 0 Å². The van der Waals surface area contributed by atoms with Crippen molar-refractivity contribution in [3.05, 3.63) is 23.8 Å². The van der Waals surface area contributed by atoms with Crippen LogP contribution in [0.2, 0.25) is 0 Å². The van der Waals surface area contributed by atoms with Gasteiger partial charge >= 0.3 is 0 Å². The molecule has 1 aromatic carbocycles. The summed E-state index contributed by atoms with van der Waals surface area (Å²) in [5.74, 6) is 2.49. The Morgan fingerprint density at radius 3 is 2.40 bits per heavy atom. The molecule has 0 saturated heterocycles. The molecule has 2 rings (SSSR count). The van der Waals surface area contributed by atoms with Crippen LogP contribution in [0.4, 0.5) is 0 Å². The van der Waals surface area contributed by atoms with Crippen molar-refractivity contribution in [2.75, 3.05) is 25.7 Å². The minimum absolute atomic E-state index is 0.204. The van der Waals surface area contributed by atoms with Gasteiger partial charge in [0.05, 0.1) is 25.7 Å². The Bertz CT molecular complexity index is 547. The molecule has 112 valence electrons. The summed E-state index contributed by atoms with van der Waals surface area (Å²) in [6.07, 6.45) is 3.75. The Kier molecular flexibility index (Phi) is 4.91. The van der Waals surface area contributed by atoms with Crippen molar-refractivity contribution < 1.29 is 17.9 Å². The molecule has 1 aliphatic rings. The van der Waals surface area contributed by atoms with E-state index in [1.165, 1.54) is 12.8 Å². The van der Waals surface area contributed by atoms with Crippen LogP contribution < -0.4 is 9.47 Å². The standard InChI is InChI=1S/C15H22O4S/c1-18-14-6-5-13(11-15(14)19-2)8-10-20(16,17)9-7-12-3-4-12/h5-6,11-12H,3-4,7-10H2,1-2H3. The highest BCUT2D eigenvalue weighted by atomic mass is 32.2. The Labute approximate surface area is 121 Å². The average Bonchev–Trinajstić information content (AvgIpc) is 3.27. The van der Waals surface area contributed by atoms with Crippen molar-refractivity contribution in [2.45, 2.75) is 25.7 Å². The summed E-state index contributed by atoms with van der Waals surface area (Å²) >= 11 is 0. The Balaban J connectivity index is 1.92. The normalized spacial score (nSPS) is 15.1. The van der Waals surface area contributed by atoms with E-state index in [0.717, 1.165) is 12.0 Å². The molecule has 1 saturated carbocycles. The molecule has 0 heterocycles. The molecule has 1 aliphatic carbocycles. The quantitative estimate of drug-likeness (QED) is 0.740. The second-order valence-corrected chi connectivity index (χ2v) is 7.63. The first-order chi connectivity index (χ1) is 9.54. The van der Waals surface area contributed by atoms with E-state index in [0.29, 0.717) is 29.6 Å². The maximum atomic E-state index is 12.0. The topological polar surface area (TPSA) is 52.6 Å². The van der Waals surface area contributed by atoms with E-state index < -0.39 is 9.84 Å². The fourth-order valence-corrected chi connectivity index (χ4v) is 3.61. The van der Waals surface area contributed by atoms with Crippen LogP contribution in [0.15, 0.2) is 18.2 Å². The van der Waals surface area contributed by atoms with Crippen LogP contribution in [0.5, 0.6) is 11.5 Å². The van der Waals surface area contributed by atoms with Gasteiger partial charge in [-0.05, 0) is 36.5 Å². The van der Waals surface area contributed by atoms with Crippen LogP contribution in [-0.2, 0) is 16.3 Å². The predicted molar refractivity (Wildman–Crippen MR) is 79.2 cm³/mol. The van der Waals surface area contributed by atoms with Crippen molar-refractivity contribution >= 4 is 9.84 Å². The molecule has 0 atom stereocenters. The lowest BCUT2D eigenvalue weighted by atomic mass is 10.1. The van der Waals surface area contributed by atoms with Gasteiger partial charge in [-0.25, -0.2) is 8.42 Å². The number of methoxy groups -OCH3 is 2. The van der Waals surface area contributed by atoms with E-state index >= 15 is 0 Å². The summed E-state index contributed by atoms with van der Waals surface area (Å²) in [4.78, 5) is 0. The van der Waals surface area contributed by atoms with E-state index in [9.17, 15) is 8.42 Å². The van der Waals surface area contributed by atoms with Gasteiger partial charge in [0.1, 0.15) is 0 Å². The zero-order chi connectivity index (χ0) is 14.6. The number of sulfone groups is 1. The van der Waals surface area contributed by atoms with E-state index in [4.69, 9.17) is 9.47 Å². The molecule has 0 radical (unpaired) electrons. The molecular formula is C15H22O4S. The maximum absolute atomic E-state index is 12.0. The highest BCUT2D eigenvalue weighted by Gasteiger charge is 2.23. The molecule has 0 N–H and O–H groups in total. The molecule has 0 unspecified atom stereocenters. The number of hydrogen-bond acceptors (Lipinski definition) is 4. The number of rotatable bonds is 8. The third kappa shape index (κ3) is 4.40. The van der Waals surface area contributed by atoms with Gasteiger partial charge in [0, 0.05) is 0 Å². The molecule has 1 aromatic rings. The first kappa shape index (κ1) is 15.2. The van der Waals surface area contributed by atoms with Gasteiger partial charge in [-0.15, -0.1) is 0 Å². The van der Waals surface area contributed by atoms with Gasteiger partial charge < -0.3 is 9.47 Å². The third-order valence-electron chi connectivity index (χ3n) is 3.68. The molecule has 0 aromatic heterocycles. The molecule has 4 nitrogen and oxygen atoms in total. The van der Waals surface area contributed by atoms with Crippen LogP contribution in [0, 0.1) is 5.92 Å². The first-order valence-electron chi connectivity index (χ1n) is 6.95. The molecule has 20 heavy (non-hydrogen) atoms. The molecule has 0 spiro atoms. The van der Waals surface area contributed by atoms with E-state index in [1.807, 2.05) is 18.2 Å². The molecule has 5 heteroatoms. The third-order valence-corrected chi connectivity index (χ3v) is 5.37. The smallest absolute Gasteiger partial charge is 0.160 e. The van der Waals surface area contributed by atoms with Crippen molar-refractivity contribution in [3.63, 3.8) is 0 Å². The molecule has 0 bridgehead atoms. The lowest BCUT2D eigenvalue weighted by Crippen LogP contribution is -2.13. The Morgan fingerprint density at radius 2 is 1.80 bits per heavy atom. The Hall–Kier alpha value is -1.23. The van der Waals surface area contributed by atoms with Gasteiger partial charge in [-0.3, -0.25) is 0 Å². The van der Waals surface area contributed by atoms with Gasteiger partial charge in [-0.1, -0.05) is 18.9 Å². The molecular weight excluding hydrogens is 276 g/mol. The zero-order valence-electron chi connectivity index (χ0n) is 12.1. The van der Waals surface area contributed by atoms with Gasteiger partial charge in [0.25, 0.3) is 0 Å². The van der Waals surface area contributed by atoms with E-state index in [1.54, 1.807) is 14.2 Å². The number of benzene rings is 1. The zero-order valence-corrected chi connectivity index (χ0v) is 12.9. The second-order valence-electron chi connectivity index (χ2n) is 5.32. The first-order valence-corrected chi connectivity index (χ1v) is 8.77. The number of ether oxygens (including phenoxy) is 2. The summed E-state index contributed by atoms with van der Waals surface area (Å²) in [5.41, 5.74) is 0.956. The lowest BCUT2D eigenvalue weighted by molar-refractivity contribution is 0.354. The summed E-state index contributed by atoms with van der Waals surface area (Å²) in [6, 6.07) is 5.54. The highest BCUT2D eigenvalue weighted by Crippen LogP contribution is 2.32. The van der Waals surface area contributed by atoms with E-state index in [-0.39, 0.29) is 5.75 Å². The van der Waals surface area contributed by atoms with Crippen LogP contribution in [0.3, 0.4) is 0 Å². The van der Waals surface area contributed by atoms with Crippen molar-refractivity contribution in [1.82, 2.24) is 0 Å².